The average molecular weight is 493 g/mol. The maximum atomic E-state index is 12.9. The van der Waals surface area contributed by atoms with Crippen molar-refractivity contribution in [3.63, 3.8) is 0 Å². The average Bonchev–Trinajstić information content (AvgIpc) is 3.65. The third kappa shape index (κ3) is 4.08. The fraction of sp³-hybridized carbons (Fsp3) is 0.407. The van der Waals surface area contributed by atoms with Crippen molar-refractivity contribution >= 4 is 23.6 Å². The van der Waals surface area contributed by atoms with Gasteiger partial charge in [0.25, 0.3) is 23.6 Å². The fourth-order valence-corrected chi connectivity index (χ4v) is 5.12. The summed E-state index contributed by atoms with van der Waals surface area (Å²) in [7, 11) is 0. The molecule has 4 aliphatic heterocycles. The Bertz CT molecular complexity index is 1150. The van der Waals surface area contributed by atoms with Crippen molar-refractivity contribution in [2.24, 2.45) is 0 Å². The lowest BCUT2D eigenvalue weighted by Crippen LogP contribution is -2.36. The van der Waals surface area contributed by atoms with Crippen LogP contribution in [0.15, 0.2) is 36.4 Å². The molecular weight excluding hydrogens is 464 g/mol. The molecule has 0 saturated carbocycles. The van der Waals surface area contributed by atoms with E-state index in [1.54, 1.807) is 24.3 Å². The Morgan fingerprint density at radius 3 is 1.47 bits per heavy atom. The molecule has 2 aromatic carbocycles. The molecule has 0 spiro atoms. The van der Waals surface area contributed by atoms with Crippen LogP contribution in [0.25, 0.3) is 0 Å². The van der Waals surface area contributed by atoms with Crippen molar-refractivity contribution < 1.29 is 33.4 Å². The van der Waals surface area contributed by atoms with Gasteiger partial charge in [0.05, 0.1) is 47.6 Å². The number of ether oxygens (including phenoxy) is 3. The number of carbonyl (C=O) groups is 4. The molecule has 9 heteroatoms. The molecule has 0 aromatic heterocycles. The van der Waals surface area contributed by atoms with Gasteiger partial charge in [0.2, 0.25) is 0 Å². The predicted molar refractivity (Wildman–Crippen MR) is 128 cm³/mol. The van der Waals surface area contributed by atoms with Gasteiger partial charge in [-0.15, -0.1) is 0 Å². The number of imide groups is 2. The van der Waals surface area contributed by atoms with Crippen LogP contribution in [0.5, 0.6) is 11.5 Å². The highest BCUT2D eigenvalue weighted by atomic mass is 16.5. The molecule has 0 N–H and O–H groups in total. The van der Waals surface area contributed by atoms with Crippen molar-refractivity contribution in [1.82, 2.24) is 9.80 Å². The van der Waals surface area contributed by atoms with Gasteiger partial charge in [0.15, 0.2) is 0 Å². The van der Waals surface area contributed by atoms with Gasteiger partial charge in [-0.1, -0.05) is 7.43 Å². The lowest BCUT2D eigenvalue weighted by molar-refractivity contribution is 0.0468. The maximum Gasteiger partial charge on any atom is 0.261 e. The Hall–Kier alpha value is -3.56. The second-order valence-electron chi connectivity index (χ2n) is 9.23. The van der Waals surface area contributed by atoms with E-state index in [0.717, 1.165) is 25.7 Å². The Morgan fingerprint density at radius 2 is 1.08 bits per heavy atom. The molecule has 2 fully saturated rings. The number of rotatable bonds is 6. The molecule has 0 bridgehead atoms. The number of nitrogens with zero attached hydrogens (tertiary/aromatic N) is 2. The van der Waals surface area contributed by atoms with Crippen LogP contribution < -0.4 is 4.74 Å². The lowest BCUT2D eigenvalue weighted by Gasteiger charge is -2.17. The Labute approximate surface area is 208 Å². The summed E-state index contributed by atoms with van der Waals surface area (Å²) in [5.74, 6) is -0.690. The molecule has 9 nitrogen and oxygen atoms in total. The number of fused-ring (bicyclic) bond motifs is 2. The molecule has 0 aliphatic carbocycles. The normalized spacial score (nSPS) is 22.8. The number of benzene rings is 2. The highest BCUT2D eigenvalue weighted by Gasteiger charge is 2.39. The largest absolute Gasteiger partial charge is 0.457 e. The van der Waals surface area contributed by atoms with E-state index in [0.29, 0.717) is 35.8 Å². The molecule has 36 heavy (non-hydrogen) atoms. The number of carbonyl (C=O) groups excluding carboxylic acids is 4. The van der Waals surface area contributed by atoms with Crippen LogP contribution in [-0.2, 0) is 9.47 Å². The summed E-state index contributed by atoms with van der Waals surface area (Å²) in [5, 5.41) is 0. The molecule has 4 heterocycles. The summed E-state index contributed by atoms with van der Waals surface area (Å²) >= 11 is 0. The molecule has 2 atom stereocenters. The number of hydrogen-bond donors (Lipinski definition) is 0. The van der Waals surface area contributed by atoms with Gasteiger partial charge in [-0.05, 0) is 62.1 Å². The molecule has 4 amide bonds. The maximum absolute atomic E-state index is 12.9. The first-order valence-corrected chi connectivity index (χ1v) is 11.9. The summed E-state index contributed by atoms with van der Waals surface area (Å²) < 4.78 is 17.1. The highest BCUT2D eigenvalue weighted by Crippen LogP contribution is 2.33. The van der Waals surface area contributed by atoms with E-state index in [2.05, 4.69) is 0 Å². The zero-order valence-corrected chi connectivity index (χ0v) is 19.0. The molecule has 188 valence electrons. The van der Waals surface area contributed by atoms with Gasteiger partial charge < -0.3 is 14.2 Å². The first-order chi connectivity index (χ1) is 17.0. The van der Waals surface area contributed by atoms with Crippen molar-refractivity contribution in [3.8, 4) is 11.5 Å². The van der Waals surface area contributed by atoms with E-state index in [1.807, 2.05) is 0 Å². The van der Waals surface area contributed by atoms with E-state index in [9.17, 15) is 19.2 Å². The molecular formula is C27H28N2O7. The van der Waals surface area contributed by atoms with E-state index < -0.39 is 0 Å². The van der Waals surface area contributed by atoms with Crippen molar-refractivity contribution in [1.29, 1.82) is 0 Å². The first kappa shape index (κ1) is 24.1. The number of hydrogen-bond acceptors (Lipinski definition) is 7. The van der Waals surface area contributed by atoms with Crippen LogP contribution in [0.4, 0.5) is 0 Å². The van der Waals surface area contributed by atoms with Crippen LogP contribution in [0.3, 0.4) is 0 Å². The molecule has 2 unspecified atom stereocenters. The van der Waals surface area contributed by atoms with Crippen LogP contribution in [0.1, 0.15) is 74.5 Å². The van der Waals surface area contributed by atoms with E-state index in [-0.39, 0.29) is 67.5 Å². The van der Waals surface area contributed by atoms with Crippen LogP contribution in [0, 0.1) is 0 Å². The molecule has 0 radical (unpaired) electrons. The third-order valence-electron chi connectivity index (χ3n) is 6.94. The lowest BCUT2D eigenvalue weighted by atomic mass is 10.1. The quantitative estimate of drug-likeness (QED) is 0.567. The summed E-state index contributed by atoms with van der Waals surface area (Å²) in [5.41, 5.74) is 1.22. The topological polar surface area (TPSA) is 102 Å². The molecule has 2 aromatic rings. The van der Waals surface area contributed by atoms with Crippen LogP contribution >= 0.6 is 0 Å². The fourth-order valence-electron chi connectivity index (χ4n) is 5.12. The van der Waals surface area contributed by atoms with E-state index in [4.69, 9.17) is 14.2 Å². The van der Waals surface area contributed by atoms with Gasteiger partial charge in [-0.3, -0.25) is 29.0 Å². The molecule has 4 aliphatic rings. The second kappa shape index (κ2) is 9.48. The molecule has 6 rings (SSSR count). The highest BCUT2D eigenvalue weighted by molar-refractivity contribution is 6.22. The SMILES string of the molecule is C.O=C1c2ccc(Oc3ccc4c(c3)C(=O)N(CC3CCCO3)C4=O)cc2C(=O)N1CC1CCCO1. The van der Waals surface area contributed by atoms with Gasteiger partial charge in [-0.25, -0.2) is 0 Å². The zero-order valence-electron chi connectivity index (χ0n) is 19.0. The van der Waals surface area contributed by atoms with Gasteiger partial charge in [0, 0.05) is 13.2 Å². The first-order valence-electron chi connectivity index (χ1n) is 11.9. The monoisotopic (exact) mass is 492 g/mol. The Morgan fingerprint density at radius 1 is 0.667 bits per heavy atom. The van der Waals surface area contributed by atoms with E-state index >= 15 is 0 Å². The van der Waals surface area contributed by atoms with Crippen LogP contribution in [-0.4, -0.2) is 71.9 Å². The Kier molecular flexibility index (Phi) is 6.36. The van der Waals surface area contributed by atoms with Gasteiger partial charge in [-0.2, -0.15) is 0 Å². The second-order valence-corrected chi connectivity index (χ2v) is 9.23. The molecule has 2 saturated heterocycles. The van der Waals surface area contributed by atoms with Crippen molar-refractivity contribution in [3.05, 3.63) is 58.7 Å². The summed E-state index contributed by atoms with van der Waals surface area (Å²) in [4.78, 5) is 53.7. The minimum absolute atomic E-state index is 0. The summed E-state index contributed by atoms with van der Waals surface area (Å²) in [6.45, 7) is 1.78. The Balaban J connectivity index is 0.00000267. The van der Waals surface area contributed by atoms with Crippen molar-refractivity contribution in [2.75, 3.05) is 26.3 Å². The van der Waals surface area contributed by atoms with Crippen LogP contribution in [0.2, 0.25) is 0 Å². The van der Waals surface area contributed by atoms with Gasteiger partial charge in [0.1, 0.15) is 11.5 Å². The third-order valence-corrected chi connectivity index (χ3v) is 6.94. The smallest absolute Gasteiger partial charge is 0.261 e. The van der Waals surface area contributed by atoms with E-state index in [1.165, 1.54) is 21.9 Å². The van der Waals surface area contributed by atoms with Gasteiger partial charge >= 0.3 is 0 Å². The number of amides is 4. The zero-order chi connectivity index (χ0) is 24.1. The minimum atomic E-state index is -0.370. The summed E-state index contributed by atoms with van der Waals surface area (Å²) in [6.07, 6.45) is 3.25. The minimum Gasteiger partial charge on any atom is -0.457 e. The predicted octanol–water partition coefficient (Wildman–Crippen LogP) is 3.67. The van der Waals surface area contributed by atoms with Crippen molar-refractivity contribution in [2.45, 2.75) is 45.3 Å². The summed E-state index contributed by atoms with van der Waals surface area (Å²) in [6, 6.07) is 9.45. The standard InChI is InChI=1S/C26H24N2O7.CH4/c29-23-19-7-5-15(11-21(19)25(31)27(23)13-17-3-1-9-33-17)35-16-6-8-20-22(12-16)26(32)28(24(20)30)14-18-4-2-10-34-18;/h5-8,11-12,17-18H,1-4,9-10,13-14H2;1H4.